The van der Waals surface area contributed by atoms with Crippen LogP contribution in [0.5, 0.6) is 0 Å². The highest BCUT2D eigenvalue weighted by molar-refractivity contribution is 7.89. The highest BCUT2D eigenvalue weighted by atomic mass is 32.2. The SMILES string of the molecule is O=C(N1CCOCC1)N1CCN(S(=O)(=O)c2ccc(F)c(F)c2F)CC1. The van der Waals surface area contributed by atoms with Crippen LogP contribution in [0.4, 0.5) is 18.0 Å². The summed E-state index contributed by atoms with van der Waals surface area (Å²) in [6.07, 6.45) is 0. The van der Waals surface area contributed by atoms with Crippen molar-refractivity contribution in [2.75, 3.05) is 52.5 Å². The molecule has 1 aromatic carbocycles. The van der Waals surface area contributed by atoms with Gasteiger partial charge in [-0.1, -0.05) is 0 Å². The number of nitrogens with zero attached hydrogens (tertiary/aromatic N) is 3. The Labute approximate surface area is 149 Å². The highest BCUT2D eigenvalue weighted by Gasteiger charge is 2.34. The largest absolute Gasteiger partial charge is 0.378 e. The van der Waals surface area contributed by atoms with E-state index < -0.39 is 32.4 Å². The van der Waals surface area contributed by atoms with Gasteiger partial charge in [0.15, 0.2) is 17.5 Å². The van der Waals surface area contributed by atoms with E-state index in [9.17, 15) is 26.4 Å². The summed E-state index contributed by atoms with van der Waals surface area (Å²) in [5, 5.41) is 0. The molecule has 11 heteroatoms. The van der Waals surface area contributed by atoms with Gasteiger partial charge >= 0.3 is 6.03 Å². The summed E-state index contributed by atoms with van der Waals surface area (Å²) in [7, 11) is -4.33. The van der Waals surface area contributed by atoms with Crippen molar-refractivity contribution >= 4 is 16.1 Å². The molecule has 0 radical (unpaired) electrons. The Bertz CT molecular complexity index is 792. The molecule has 2 aliphatic heterocycles. The Morgan fingerprint density at radius 3 is 2.08 bits per heavy atom. The Morgan fingerprint density at radius 2 is 1.46 bits per heavy atom. The smallest absolute Gasteiger partial charge is 0.320 e. The molecule has 7 nitrogen and oxygen atoms in total. The van der Waals surface area contributed by atoms with Gasteiger partial charge in [0, 0.05) is 39.3 Å². The first-order valence-electron chi connectivity index (χ1n) is 8.07. The summed E-state index contributed by atoms with van der Waals surface area (Å²) in [5.41, 5.74) is 0. The molecule has 0 aliphatic carbocycles. The Morgan fingerprint density at radius 1 is 0.885 bits per heavy atom. The molecular weight excluding hydrogens is 375 g/mol. The maximum Gasteiger partial charge on any atom is 0.320 e. The molecule has 144 valence electrons. The zero-order chi connectivity index (χ0) is 18.9. The lowest BCUT2D eigenvalue weighted by Crippen LogP contribution is -2.55. The van der Waals surface area contributed by atoms with E-state index in [0.717, 1.165) is 4.31 Å². The maximum absolute atomic E-state index is 13.9. The van der Waals surface area contributed by atoms with Crippen molar-refractivity contribution < 1.29 is 31.1 Å². The number of carbonyl (C=O) groups excluding carboxylic acids is 1. The fourth-order valence-electron chi connectivity index (χ4n) is 2.92. The van der Waals surface area contributed by atoms with Crippen LogP contribution in [-0.2, 0) is 14.8 Å². The van der Waals surface area contributed by atoms with E-state index in [2.05, 4.69) is 0 Å². The van der Waals surface area contributed by atoms with Gasteiger partial charge in [-0.25, -0.2) is 26.4 Å². The van der Waals surface area contributed by atoms with Gasteiger partial charge in [0.1, 0.15) is 4.90 Å². The van der Waals surface area contributed by atoms with E-state index in [1.807, 2.05) is 0 Å². The standard InChI is InChI=1S/C15H18F3N3O4S/c16-11-1-2-12(14(18)13(11)17)26(23,24)21-5-3-19(4-6-21)15(22)20-7-9-25-10-8-20/h1-2H,3-10H2. The molecular formula is C15H18F3N3O4S. The number of piperazine rings is 1. The molecule has 0 aromatic heterocycles. The van der Waals surface area contributed by atoms with Gasteiger partial charge in [-0.3, -0.25) is 0 Å². The van der Waals surface area contributed by atoms with E-state index in [4.69, 9.17) is 4.74 Å². The zero-order valence-electron chi connectivity index (χ0n) is 13.8. The van der Waals surface area contributed by atoms with Gasteiger partial charge in [0.05, 0.1) is 13.2 Å². The number of amides is 2. The normalized spacial score (nSPS) is 19.7. The lowest BCUT2D eigenvalue weighted by molar-refractivity contribution is 0.0405. The Balaban J connectivity index is 1.69. The van der Waals surface area contributed by atoms with Crippen LogP contribution >= 0.6 is 0 Å². The number of hydrogen-bond donors (Lipinski definition) is 0. The molecule has 2 fully saturated rings. The predicted octanol–water partition coefficient (Wildman–Crippen LogP) is 0.862. The molecule has 1 aromatic rings. The number of sulfonamides is 1. The van der Waals surface area contributed by atoms with Gasteiger partial charge in [0.25, 0.3) is 0 Å². The molecule has 0 atom stereocenters. The van der Waals surface area contributed by atoms with Gasteiger partial charge in [-0.15, -0.1) is 0 Å². The third kappa shape index (κ3) is 3.51. The van der Waals surface area contributed by atoms with Crippen LogP contribution in [0.1, 0.15) is 0 Å². The number of ether oxygens (including phenoxy) is 1. The number of carbonyl (C=O) groups is 1. The van der Waals surface area contributed by atoms with E-state index in [1.54, 1.807) is 4.90 Å². The first-order valence-corrected chi connectivity index (χ1v) is 9.51. The van der Waals surface area contributed by atoms with Gasteiger partial charge < -0.3 is 14.5 Å². The van der Waals surface area contributed by atoms with Crippen molar-refractivity contribution in [2.24, 2.45) is 0 Å². The van der Waals surface area contributed by atoms with Crippen molar-refractivity contribution in [3.8, 4) is 0 Å². The molecule has 0 saturated carbocycles. The maximum atomic E-state index is 13.9. The number of hydrogen-bond acceptors (Lipinski definition) is 4. The topological polar surface area (TPSA) is 70.2 Å². The van der Waals surface area contributed by atoms with Gasteiger partial charge in [-0.05, 0) is 12.1 Å². The molecule has 2 heterocycles. The summed E-state index contributed by atoms with van der Waals surface area (Å²) < 4.78 is 71.4. The summed E-state index contributed by atoms with van der Waals surface area (Å²) in [5.74, 6) is -5.02. The number of morpholine rings is 1. The van der Waals surface area contributed by atoms with Crippen LogP contribution in [0.3, 0.4) is 0 Å². The van der Waals surface area contributed by atoms with Crippen LogP contribution in [-0.4, -0.2) is 81.0 Å². The minimum absolute atomic E-state index is 0.0587. The molecule has 2 amide bonds. The predicted molar refractivity (Wildman–Crippen MR) is 84.4 cm³/mol. The van der Waals surface area contributed by atoms with E-state index in [0.29, 0.717) is 38.4 Å². The second-order valence-corrected chi connectivity index (χ2v) is 7.85. The van der Waals surface area contributed by atoms with Crippen LogP contribution in [0.15, 0.2) is 17.0 Å². The summed E-state index contributed by atoms with van der Waals surface area (Å²) in [4.78, 5) is 14.6. The van der Waals surface area contributed by atoms with E-state index in [1.165, 1.54) is 4.90 Å². The molecule has 0 unspecified atom stereocenters. The molecule has 3 rings (SSSR count). The van der Waals surface area contributed by atoms with Crippen molar-refractivity contribution in [1.29, 1.82) is 0 Å². The summed E-state index contributed by atoms with van der Waals surface area (Å²) in [6, 6.07) is 1.07. The highest BCUT2D eigenvalue weighted by Crippen LogP contribution is 2.24. The number of urea groups is 1. The van der Waals surface area contributed by atoms with Crippen LogP contribution < -0.4 is 0 Å². The Kier molecular flexibility index (Phi) is 5.39. The van der Waals surface area contributed by atoms with Crippen LogP contribution in [0, 0.1) is 17.5 Å². The molecule has 2 saturated heterocycles. The number of rotatable bonds is 2. The molecule has 0 spiro atoms. The molecule has 0 N–H and O–H groups in total. The second-order valence-electron chi connectivity index (χ2n) is 5.95. The van der Waals surface area contributed by atoms with Gasteiger partial charge in [-0.2, -0.15) is 4.31 Å². The number of halogens is 3. The van der Waals surface area contributed by atoms with Crippen LogP contribution in [0.2, 0.25) is 0 Å². The first-order chi connectivity index (χ1) is 12.3. The quantitative estimate of drug-likeness (QED) is 0.699. The fourth-order valence-corrected chi connectivity index (χ4v) is 4.40. The molecule has 2 aliphatic rings. The monoisotopic (exact) mass is 393 g/mol. The lowest BCUT2D eigenvalue weighted by atomic mass is 10.3. The fraction of sp³-hybridized carbons (Fsp3) is 0.533. The van der Waals surface area contributed by atoms with Crippen molar-refractivity contribution in [3.05, 3.63) is 29.6 Å². The van der Waals surface area contributed by atoms with E-state index in [-0.39, 0.29) is 32.2 Å². The van der Waals surface area contributed by atoms with E-state index >= 15 is 0 Å². The minimum Gasteiger partial charge on any atom is -0.378 e. The van der Waals surface area contributed by atoms with Gasteiger partial charge in [0.2, 0.25) is 10.0 Å². The van der Waals surface area contributed by atoms with Crippen molar-refractivity contribution in [2.45, 2.75) is 4.90 Å². The summed E-state index contributed by atoms with van der Waals surface area (Å²) in [6.45, 7) is 1.98. The third-order valence-electron chi connectivity index (χ3n) is 4.41. The Hall–Kier alpha value is -1.85. The average Bonchev–Trinajstić information content (AvgIpc) is 2.66. The first kappa shape index (κ1) is 18.9. The average molecular weight is 393 g/mol. The van der Waals surface area contributed by atoms with Crippen molar-refractivity contribution in [3.63, 3.8) is 0 Å². The molecule has 26 heavy (non-hydrogen) atoms. The molecule has 0 bridgehead atoms. The minimum atomic E-state index is -4.33. The second kappa shape index (κ2) is 7.41. The summed E-state index contributed by atoms with van der Waals surface area (Å²) >= 11 is 0. The third-order valence-corrected chi connectivity index (χ3v) is 6.32. The zero-order valence-corrected chi connectivity index (χ0v) is 14.6. The van der Waals surface area contributed by atoms with Crippen LogP contribution in [0.25, 0.3) is 0 Å². The number of benzene rings is 1. The van der Waals surface area contributed by atoms with Crippen molar-refractivity contribution in [1.82, 2.24) is 14.1 Å². The lowest BCUT2D eigenvalue weighted by Gasteiger charge is -2.38.